The molecule has 0 aliphatic carbocycles. The van der Waals surface area contributed by atoms with Crippen LogP contribution in [0.4, 0.5) is 10.1 Å². The summed E-state index contributed by atoms with van der Waals surface area (Å²) in [5.41, 5.74) is 0.808. The fraction of sp³-hybridized carbons (Fsp3) is 0.176. The lowest BCUT2D eigenvalue weighted by atomic mass is 10.1. The van der Waals surface area contributed by atoms with Gasteiger partial charge in [-0.05, 0) is 50.2 Å². The predicted molar refractivity (Wildman–Crippen MR) is 91.3 cm³/mol. The first-order valence-electron chi connectivity index (χ1n) is 7.39. The summed E-state index contributed by atoms with van der Waals surface area (Å²) < 4.78 is 39.5. The third-order valence-electron chi connectivity index (χ3n) is 3.39. The van der Waals surface area contributed by atoms with Crippen LogP contribution in [0.3, 0.4) is 0 Å². The molecule has 0 aliphatic heterocycles. The van der Waals surface area contributed by atoms with Crippen molar-refractivity contribution in [3.8, 4) is 0 Å². The number of halogens is 1. The Kier molecular flexibility index (Phi) is 5.66. The molecule has 0 heterocycles. The number of nitrogens with one attached hydrogen (secondary N) is 2. The zero-order chi connectivity index (χ0) is 18.6. The quantitative estimate of drug-likeness (QED) is 0.770. The number of anilines is 1. The van der Waals surface area contributed by atoms with E-state index in [0.717, 1.165) is 24.3 Å². The van der Waals surface area contributed by atoms with E-state index < -0.39 is 27.8 Å². The number of ketones is 1. The molecule has 132 valence electrons. The van der Waals surface area contributed by atoms with E-state index in [2.05, 4.69) is 10.0 Å². The van der Waals surface area contributed by atoms with Crippen LogP contribution in [0.15, 0.2) is 53.4 Å². The number of hydrogen-bond acceptors (Lipinski definition) is 4. The molecule has 8 heteroatoms. The number of hydrogen-bond donors (Lipinski definition) is 2. The molecule has 0 saturated carbocycles. The van der Waals surface area contributed by atoms with E-state index >= 15 is 0 Å². The molecule has 2 aromatic rings. The third kappa shape index (κ3) is 4.94. The summed E-state index contributed by atoms with van der Waals surface area (Å²) in [7, 11) is -3.97. The number of Topliss-reactive ketones (excluding diaryl/α,β-unsaturated/α-hetero) is 1. The van der Waals surface area contributed by atoms with Gasteiger partial charge in [-0.15, -0.1) is 0 Å². The van der Waals surface area contributed by atoms with Crippen LogP contribution in [0.25, 0.3) is 0 Å². The molecule has 1 amide bonds. The molecule has 0 bridgehead atoms. The summed E-state index contributed by atoms with van der Waals surface area (Å²) in [6, 6.07) is 9.50. The number of carbonyl (C=O) groups is 2. The highest BCUT2D eigenvalue weighted by Gasteiger charge is 2.22. The maximum absolute atomic E-state index is 12.9. The summed E-state index contributed by atoms with van der Waals surface area (Å²) in [5.74, 6) is -1.30. The van der Waals surface area contributed by atoms with E-state index in [0.29, 0.717) is 11.3 Å². The predicted octanol–water partition coefficient (Wildman–Crippen LogP) is 2.33. The van der Waals surface area contributed by atoms with E-state index in [-0.39, 0.29) is 10.7 Å². The third-order valence-corrected chi connectivity index (χ3v) is 4.94. The van der Waals surface area contributed by atoms with Crippen molar-refractivity contribution in [3.05, 3.63) is 59.9 Å². The zero-order valence-electron chi connectivity index (χ0n) is 13.6. The molecular weight excluding hydrogens is 347 g/mol. The van der Waals surface area contributed by atoms with Crippen LogP contribution in [0.2, 0.25) is 0 Å². The van der Waals surface area contributed by atoms with Crippen LogP contribution in [-0.4, -0.2) is 26.2 Å². The second-order valence-electron chi connectivity index (χ2n) is 5.42. The minimum absolute atomic E-state index is 0.146. The molecule has 2 rings (SSSR count). The van der Waals surface area contributed by atoms with Gasteiger partial charge in [-0.3, -0.25) is 9.59 Å². The van der Waals surface area contributed by atoms with Crippen molar-refractivity contribution in [3.63, 3.8) is 0 Å². The van der Waals surface area contributed by atoms with Gasteiger partial charge in [0.05, 0.1) is 10.9 Å². The van der Waals surface area contributed by atoms with Crippen molar-refractivity contribution in [2.24, 2.45) is 0 Å². The van der Waals surface area contributed by atoms with Crippen molar-refractivity contribution in [2.45, 2.75) is 24.8 Å². The molecule has 0 aromatic heterocycles. The maximum Gasteiger partial charge on any atom is 0.242 e. The fourth-order valence-electron chi connectivity index (χ4n) is 2.03. The average Bonchev–Trinajstić information content (AvgIpc) is 2.55. The molecule has 0 aliphatic rings. The molecule has 1 atom stereocenters. The number of benzene rings is 2. The molecule has 6 nitrogen and oxygen atoms in total. The van der Waals surface area contributed by atoms with E-state index in [4.69, 9.17) is 0 Å². The zero-order valence-corrected chi connectivity index (χ0v) is 14.4. The van der Waals surface area contributed by atoms with Gasteiger partial charge in [0.1, 0.15) is 5.82 Å². The van der Waals surface area contributed by atoms with Crippen molar-refractivity contribution in [2.75, 3.05) is 5.32 Å². The molecule has 0 radical (unpaired) electrons. The first-order valence-corrected chi connectivity index (χ1v) is 8.87. The standard InChI is InChI=1S/C17H17FN2O4S/c1-11(20-25(23,24)16-8-6-14(18)7-9-16)17(22)19-15-5-3-4-13(10-15)12(2)21/h3-11,20H,1-2H3,(H,19,22)/t11-/m1/s1. The maximum atomic E-state index is 12.9. The van der Waals surface area contributed by atoms with Crippen LogP contribution in [0, 0.1) is 5.82 Å². The Bertz CT molecular complexity index is 895. The SMILES string of the molecule is CC(=O)c1cccc(NC(=O)[C@@H](C)NS(=O)(=O)c2ccc(F)cc2)c1. The Morgan fingerprint density at radius 3 is 2.32 bits per heavy atom. The second kappa shape index (κ2) is 7.54. The Hall–Kier alpha value is -2.58. The Labute approximate surface area is 145 Å². The van der Waals surface area contributed by atoms with Crippen LogP contribution in [-0.2, 0) is 14.8 Å². The molecule has 25 heavy (non-hydrogen) atoms. The minimum atomic E-state index is -3.97. The van der Waals surface area contributed by atoms with Crippen LogP contribution in [0.5, 0.6) is 0 Å². The van der Waals surface area contributed by atoms with Gasteiger partial charge < -0.3 is 5.32 Å². The molecule has 0 spiro atoms. The topological polar surface area (TPSA) is 92.3 Å². The average molecular weight is 364 g/mol. The summed E-state index contributed by atoms with van der Waals surface area (Å²) in [6.07, 6.45) is 0. The van der Waals surface area contributed by atoms with Crippen molar-refractivity contribution < 1.29 is 22.4 Å². The lowest BCUT2D eigenvalue weighted by Gasteiger charge is -2.15. The first-order chi connectivity index (χ1) is 11.7. The highest BCUT2D eigenvalue weighted by atomic mass is 32.2. The molecule has 2 aromatic carbocycles. The number of rotatable bonds is 6. The monoisotopic (exact) mass is 364 g/mol. The van der Waals surface area contributed by atoms with Gasteiger partial charge in [-0.25, -0.2) is 12.8 Å². The van der Waals surface area contributed by atoms with Crippen LogP contribution in [0.1, 0.15) is 24.2 Å². The fourth-order valence-corrected chi connectivity index (χ4v) is 3.24. The summed E-state index contributed by atoms with van der Waals surface area (Å²) in [4.78, 5) is 23.4. The molecule has 0 saturated heterocycles. The van der Waals surface area contributed by atoms with Gasteiger partial charge in [0, 0.05) is 11.3 Å². The van der Waals surface area contributed by atoms with Crippen LogP contribution < -0.4 is 10.0 Å². The van der Waals surface area contributed by atoms with Crippen molar-refractivity contribution >= 4 is 27.4 Å². The Morgan fingerprint density at radius 2 is 1.72 bits per heavy atom. The number of carbonyl (C=O) groups excluding carboxylic acids is 2. The van der Waals surface area contributed by atoms with Crippen molar-refractivity contribution in [1.82, 2.24) is 4.72 Å². The summed E-state index contributed by atoms with van der Waals surface area (Å²) in [5, 5.41) is 2.54. The minimum Gasteiger partial charge on any atom is -0.325 e. The first kappa shape index (κ1) is 18.8. The van der Waals surface area contributed by atoms with E-state index in [9.17, 15) is 22.4 Å². The van der Waals surface area contributed by atoms with E-state index in [1.807, 2.05) is 0 Å². The van der Waals surface area contributed by atoms with E-state index in [1.165, 1.54) is 19.9 Å². The number of amides is 1. The van der Waals surface area contributed by atoms with E-state index in [1.54, 1.807) is 18.2 Å². The van der Waals surface area contributed by atoms with Gasteiger partial charge in [-0.1, -0.05) is 12.1 Å². The van der Waals surface area contributed by atoms with Crippen LogP contribution >= 0.6 is 0 Å². The van der Waals surface area contributed by atoms with Gasteiger partial charge in [0.25, 0.3) is 0 Å². The smallest absolute Gasteiger partial charge is 0.242 e. The summed E-state index contributed by atoms with van der Waals surface area (Å²) in [6.45, 7) is 2.78. The lowest BCUT2D eigenvalue weighted by Crippen LogP contribution is -2.41. The Balaban J connectivity index is 2.08. The second-order valence-corrected chi connectivity index (χ2v) is 7.14. The molecular formula is C17H17FN2O4S. The van der Waals surface area contributed by atoms with Crippen molar-refractivity contribution in [1.29, 1.82) is 0 Å². The van der Waals surface area contributed by atoms with Gasteiger partial charge in [0.2, 0.25) is 15.9 Å². The summed E-state index contributed by atoms with van der Waals surface area (Å²) >= 11 is 0. The Morgan fingerprint density at radius 1 is 1.08 bits per heavy atom. The molecule has 0 fully saturated rings. The number of sulfonamides is 1. The highest BCUT2D eigenvalue weighted by molar-refractivity contribution is 7.89. The lowest BCUT2D eigenvalue weighted by molar-refractivity contribution is -0.117. The molecule has 2 N–H and O–H groups in total. The van der Waals surface area contributed by atoms with Gasteiger partial charge in [-0.2, -0.15) is 4.72 Å². The normalized spacial score (nSPS) is 12.4. The van der Waals surface area contributed by atoms with Gasteiger partial charge >= 0.3 is 0 Å². The highest BCUT2D eigenvalue weighted by Crippen LogP contribution is 2.13. The molecule has 0 unspecified atom stereocenters. The largest absolute Gasteiger partial charge is 0.325 e. The van der Waals surface area contributed by atoms with Gasteiger partial charge in [0.15, 0.2) is 5.78 Å².